The van der Waals surface area contributed by atoms with E-state index in [2.05, 4.69) is 33.5 Å². The highest BCUT2D eigenvalue weighted by Crippen LogP contribution is 2.34. The Balaban J connectivity index is 1.41. The summed E-state index contributed by atoms with van der Waals surface area (Å²) in [6, 6.07) is 15.2. The topological polar surface area (TPSA) is 127 Å². The molecule has 0 radical (unpaired) electrons. The largest absolute Gasteiger partial charge is 0.450 e. The lowest BCUT2D eigenvalue weighted by molar-refractivity contribution is 0.105. The summed E-state index contributed by atoms with van der Waals surface area (Å²) in [4.78, 5) is 21.6. The van der Waals surface area contributed by atoms with Crippen LogP contribution in [0.25, 0.3) is 27.7 Å². The summed E-state index contributed by atoms with van der Waals surface area (Å²) in [7, 11) is -1.39. The molecule has 6 rings (SSSR count). The number of anilines is 2. The van der Waals surface area contributed by atoms with Crippen LogP contribution >= 0.6 is 0 Å². The van der Waals surface area contributed by atoms with Crippen LogP contribution in [-0.2, 0) is 28.2 Å². The Morgan fingerprint density at radius 2 is 1.77 bits per heavy atom. The Kier molecular flexibility index (Phi) is 7.66. The second-order valence-corrected chi connectivity index (χ2v) is 13.1. The molecular weight excluding hydrogens is 580 g/mol. The smallest absolute Gasteiger partial charge is 0.409 e. The number of hydrogen-bond acceptors (Lipinski definition) is 9. The number of nitrogens with zero attached hydrogens (tertiary/aromatic N) is 7. The van der Waals surface area contributed by atoms with Crippen molar-refractivity contribution in [3.05, 3.63) is 65.5 Å². The van der Waals surface area contributed by atoms with Crippen LogP contribution in [0, 0.1) is 13.8 Å². The minimum Gasteiger partial charge on any atom is -0.450 e. The minimum absolute atomic E-state index is 0.273. The zero-order valence-corrected chi connectivity index (χ0v) is 26.3. The average Bonchev–Trinajstić information content (AvgIpc) is 3.49. The number of fused-ring (bicyclic) bond motifs is 2. The molecule has 4 heterocycles. The molecule has 12 nitrogen and oxygen atoms in total. The summed E-state index contributed by atoms with van der Waals surface area (Å²) in [5.41, 5.74) is 6.25. The Hall–Kier alpha value is -4.65. The van der Waals surface area contributed by atoms with E-state index in [0.717, 1.165) is 50.6 Å². The Labute approximate surface area is 256 Å². The molecule has 0 aliphatic carbocycles. The number of rotatable bonds is 7. The van der Waals surface area contributed by atoms with Gasteiger partial charge < -0.3 is 19.9 Å². The van der Waals surface area contributed by atoms with Crippen LogP contribution in [0.2, 0.25) is 0 Å². The Morgan fingerprint density at radius 3 is 2.50 bits per heavy atom. The van der Waals surface area contributed by atoms with Crippen LogP contribution in [0.1, 0.15) is 23.9 Å². The van der Waals surface area contributed by atoms with Gasteiger partial charge in [-0.05, 0) is 56.2 Å². The maximum Gasteiger partial charge on any atom is 0.409 e. The highest BCUT2D eigenvalue weighted by molar-refractivity contribution is 7.90. The fourth-order valence-corrected chi connectivity index (χ4v) is 6.44. The minimum atomic E-state index is -3.33. The molecule has 1 amide bonds. The zero-order valence-electron chi connectivity index (χ0n) is 25.5. The first-order chi connectivity index (χ1) is 21.0. The van der Waals surface area contributed by atoms with E-state index in [-0.39, 0.29) is 11.0 Å². The summed E-state index contributed by atoms with van der Waals surface area (Å²) < 4.78 is 33.2. The van der Waals surface area contributed by atoms with Crippen molar-refractivity contribution in [3.63, 3.8) is 0 Å². The van der Waals surface area contributed by atoms with Crippen molar-refractivity contribution in [1.29, 1.82) is 0 Å². The zero-order chi connectivity index (χ0) is 31.2. The van der Waals surface area contributed by atoms with Gasteiger partial charge in [-0.2, -0.15) is 14.7 Å². The van der Waals surface area contributed by atoms with E-state index in [4.69, 9.17) is 14.8 Å². The number of benzene rings is 2. The second kappa shape index (κ2) is 11.5. The molecule has 1 saturated heterocycles. The van der Waals surface area contributed by atoms with Gasteiger partial charge in [0.05, 0.1) is 28.4 Å². The van der Waals surface area contributed by atoms with Gasteiger partial charge in [0, 0.05) is 63.0 Å². The van der Waals surface area contributed by atoms with E-state index in [1.807, 2.05) is 42.2 Å². The van der Waals surface area contributed by atoms with Crippen molar-refractivity contribution < 1.29 is 17.9 Å². The first-order valence-electron chi connectivity index (χ1n) is 14.6. The lowest BCUT2D eigenvalue weighted by atomic mass is 10.0. The summed E-state index contributed by atoms with van der Waals surface area (Å²) in [6.07, 6.45) is 0.905. The molecule has 1 aliphatic rings. The highest BCUT2D eigenvalue weighted by atomic mass is 32.2. The van der Waals surface area contributed by atoms with Crippen molar-refractivity contribution in [2.45, 2.75) is 32.2 Å². The quantitative estimate of drug-likeness (QED) is 0.286. The molecule has 0 saturated carbocycles. The second-order valence-electron chi connectivity index (χ2n) is 11.1. The first kappa shape index (κ1) is 29.4. The lowest BCUT2D eigenvalue weighted by Crippen LogP contribution is -2.49. The number of nitrogens with one attached hydrogen (secondary N) is 1. The van der Waals surface area contributed by atoms with E-state index in [1.165, 1.54) is 6.26 Å². The maximum atomic E-state index is 12.3. The molecule has 0 spiro atoms. The van der Waals surface area contributed by atoms with Crippen LogP contribution in [-0.4, -0.2) is 82.8 Å². The third-order valence-corrected chi connectivity index (χ3v) is 9.11. The van der Waals surface area contributed by atoms with Crippen molar-refractivity contribution in [2.24, 2.45) is 7.05 Å². The molecule has 1 aliphatic heterocycles. The van der Waals surface area contributed by atoms with Crippen LogP contribution in [0.5, 0.6) is 0 Å². The Morgan fingerprint density at radius 1 is 1.00 bits per heavy atom. The molecule has 1 N–H and O–H groups in total. The summed E-state index contributed by atoms with van der Waals surface area (Å²) in [5.74, 6) is 1.48. The molecule has 2 aromatic carbocycles. The molecule has 5 aromatic rings. The summed E-state index contributed by atoms with van der Waals surface area (Å²) in [5, 5.41) is 14.0. The average molecular weight is 617 g/mol. The fraction of sp³-hybridized carbons (Fsp3) is 0.355. The molecule has 44 heavy (non-hydrogen) atoms. The van der Waals surface area contributed by atoms with Crippen LogP contribution in [0.3, 0.4) is 0 Å². The van der Waals surface area contributed by atoms with Gasteiger partial charge in [0.25, 0.3) is 0 Å². The number of aryl methyl sites for hydroxylation is 3. The Bertz CT molecular complexity index is 1990. The third kappa shape index (κ3) is 5.54. The molecule has 1 fully saturated rings. The van der Waals surface area contributed by atoms with E-state index in [1.54, 1.807) is 30.0 Å². The predicted molar refractivity (Wildman–Crippen MR) is 170 cm³/mol. The van der Waals surface area contributed by atoms with Crippen molar-refractivity contribution in [2.75, 3.05) is 49.3 Å². The molecule has 230 valence electrons. The highest BCUT2D eigenvalue weighted by Gasteiger charge is 2.25. The molecule has 13 heteroatoms. The van der Waals surface area contributed by atoms with Gasteiger partial charge in [-0.15, -0.1) is 0 Å². The van der Waals surface area contributed by atoms with E-state index in [0.29, 0.717) is 45.0 Å². The number of aromatic nitrogens is 5. The number of sulfone groups is 1. The molecule has 0 bridgehead atoms. The van der Waals surface area contributed by atoms with Gasteiger partial charge in [-0.1, -0.05) is 18.2 Å². The van der Waals surface area contributed by atoms with Crippen molar-refractivity contribution >= 4 is 44.1 Å². The van der Waals surface area contributed by atoms with Crippen LogP contribution in [0.15, 0.2) is 53.4 Å². The van der Waals surface area contributed by atoms with Gasteiger partial charge in [0.1, 0.15) is 11.6 Å². The number of ether oxygens (including phenoxy) is 1. The van der Waals surface area contributed by atoms with Gasteiger partial charge >= 0.3 is 6.09 Å². The van der Waals surface area contributed by atoms with Crippen LogP contribution < -0.4 is 10.2 Å². The van der Waals surface area contributed by atoms with E-state index >= 15 is 0 Å². The van der Waals surface area contributed by atoms with Crippen molar-refractivity contribution in [1.82, 2.24) is 29.3 Å². The lowest BCUT2D eigenvalue weighted by Gasteiger charge is -2.34. The van der Waals surface area contributed by atoms with Gasteiger partial charge in [-0.25, -0.2) is 18.2 Å². The predicted octanol–water partition coefficient (Wildman–Crippen LogP) is 4.19. The van der Waals surface area contributed by atoms with Gasteiger partial charge in [0.15, 0.2) is 15.5 Å². The monoisotopic (exact) mass is 616 g/mol. The third-order valence-electron chi connectivity index (χ3n) is 8.00. The number of carbonyl (C=O) groups excluding carboxylic acids is 1. The SMILES string of the molecule is CCOC(=O)N1CCN(c2cc(NCc3cccc(S(C)(=O)=O)c3)n3nc(C)c(-c4ccc5c(c4)c(C)nn5C)c3n2)CC1. The number of carbonyl (C=O) groups is 1. The fourth-order valence-electron chi connectivity index (χ4n) is 5.74. The number of hydrogen-bond donors (Lipinski definition) is 1. The summed E-state index contributed by atoms with van der Waals surface area (Å²) >= 11 is 0. The maximum absolute atomic E-state index is 12.3. The molecule has 0 atom stereocenters. The molecular formula is C31H36N8O4S. The molecule has 0 unspecified atom stereocenters. The van der Waals surface area contributed by atoms with Gasteiger partial charge in [-0.3, -0.25) is 4.68 Å². The number of amides is 1. The molecule has 3 aromatic heterocycles. The first-order valence-corrected chi connectivity index (χ1v) is 16.5. The van der Waals surface area contributed by atoms with Gasteiger partial charge in [0.2, 0.25) is 0 Å². The van der Waals surface area contributed by atoms with E-state index in [9.17, 15) is 13.2 Å². The van der Waals surface area contributed by atoms with Crippen LogP contribution in [0.4, 0.5) is 16.4 Å². The number of piperazine rings is 1. The standard InChI is InChI=1S/C31H36N8O4S/c1-6-43-31(40)38-14-12-37(13-15-38)28-18-27(32-19-22-8-7-9-24(16-22)44(5,41)42)39-30(33-28)29(21(3)35-39)23-10-11-26-25(17-23)20(2)34-36(26)4/h7-11,16-18,32H,6,12-15,19H2,1-5H3. The van der Waals surface area contributed by atoms with E-state index < -0.39 is 9.84 Å². The van der Waals surface area contributed by atoms with Crippen molar-refractivity contribution in [3.8, 4) is 11.1 Å². The summed E-state index contributed by atoms with van der Waals surface area (Å²) in [6.45, 7) is 8.74. The normalized spacial score (nSPS) is 14.0.